The van der Waals surface area contributed by atoms with E-state index < -0.39 is 5.66 Å². The molecule has 2 heterocycles. The molecule has 26 heavy (non-hydrogen) atoms. The van der Waals surface area contributed by atoms with Crippen LogP contribution in [0.15, 0.2) is 46.9 Å². The van der Waals surface area contributed by atoms with Crippen molar-refractivity contribution in [2.24, 2.45) is 0 Å². The number of halogens is 2. The number of likely N-dealkylation sites (tertiary alicyclic amines) is 1. The Morgan fingerprint density at radius 3 is 2.58 bits per heavy atom. The number of benzene rings is 2. The number of carbonyl (C=O) groups excluding carboxylic acids is 2. The largest absolute Gasteiger partial charge is 0.362 e. The summed E-state index contributed by atoms with van der Waals surface area (Å²) in [5.74, 6) is -0.164. The van der Waals surface area contributed by atoms with Crippen LogP contribution in [0.25, 0.3) is 0 Å². The molecule has 0 saturated carbocycles. The van der Waals surface area contributed by atoms with Crippen molar-refractivity contribution in [1.82, 2.24) is 10.2 Å². The molecule has 7 heteroatoms. The van der Waals surface area contributed by atoms with Crippen LogP contribution in [0.5, 0.6) is 0 Å². The summed E-state index contributed by atoms with van der Waals surface area (Å²) in [4.78, 5) is 27.0. The van der Waals surface area contributed by atoms with Crippen molar-refractivity contribution in [3.05, 3.63) is 63.1 Å². The van der Waals surface area contributed by atoms with E-state index in [4.69, 9.17) is 11.6 Å². The smallest absolute Gasteiger partial charge is 0.255 e. The third-order valence-corrected chi connectivity index (χ3v) is 5.78. The minimum absolute atomic E-state index is 0.0723. The molecule has 2 aromatic rings. The molecule has 2 N–H and O–H groups in total. The summed E-state index contributed by atoms with van der Waals surface area (Å²) in [5, 5.41) is 7.01. The molecule has 5 nitrogen and oxygen atoms in total. The highest BCUT2D eigenvalue weighted by atomic mass is 79.9. The van der Waals surface area contributed by atoms with Gasteiger partial charge in [-0.25, -0.2) is 0 Å². The zero-order valence-corrected chi connectivity index (χ0v) is 16.2. The molecule has 0 bridgehead atoms. The molecule has 1 spiro atoms. The van der Waals surface area contributed by atoms with Crippen LogP contribution in [0.2, 0.25) is 5.02 Å². The lowest BCUT2D eigenvalue weighted by molar-refractivity contribution is 0.0640. The van der Waals surface area contributed by atoms with E-state index in [0.29, 0.717) is 42.1 Å². The number of fused-ring (bicyclic) bond motifs is 1. The van der Waals surface area contributed by atoms with Gasteiger partial charge in [-0.15, -0.1) is 0 Å². The summed E-state index contributed by atoms with van der Waals surface area (Å²) in [6.07, 6.45) is 1.26. The van der Waals surface area contributed by atoms with Gasteiger partial charge in [0, 0.05) is 36.1 Å². The number of nitrogens with zero attached hydrogens (tertiary/aromatic N) is 1. The molecule has 2 aromatic carbocycles. The van der Waals surface area contributed by atoms with E-state index in [1.54, 1.807) is 23.1 Å². The van der Waals surface area contributed by atoms with Crippen LogP contribution in [-0.4, -0.2) is 35.5 Å². The summed E-state index contributed by atoms with van der Waals surface area (Å²) < 4.78 is 0.865. The molecule has 0 aliphatic carbocycles. The maximum atomic E-state index is 12.7. The van der Waals surface area contributed by atoms with Crippen molar-refractivity contribution in [2.45, 2.75) is 18.5 Å². The normalized spacial score (nSPS) is 18.1. The first-order chi connectivity index (χ1) is 12.5. The Kier molecular flexibility index (Phi) is 4.40. The zero-order valence-electron chi connectivity index (χ0n) is 13.9. The predicted molar refractivity (Wildman–Crippen MR) is 105 cm³/mol. The van der Waals surface area contributed by atoms with Crippen LogP contribution in [-0.2, 0) is 0 Å². The summed E-state index contributed by atoms with van der Waals surface area (Å²) in [7, 11) is 0. The summed E-state index contributed by atoms with van der Waals surface area (Å²) in [5.41, 5.74) is 1.44. The summed E-state index contributed by atoms with van der Waals surface area (Å²) >= 11 is 9.54. The Labute approximate surface area is 164 Å². The topological polar surface area (TPSA) is 61.4 Å². The second-order valence-electron chi connectivity index (χ2n) is 6.62. The van der Waals surface area contributed by atoms with E-state index in [-0.39, 0.29) is 11.8 Å². The van der Waals surface area contributed by atoms with Crippen LogP contribution in [0, 0.1) is 0 Å². The van der Waals surface area contributed by atoms with Gasteiger partial charge < -0.3 is 15.5 Å². The molecule has 1 fully saturated rings. The number of hydrogen-bond acceptors (Lipinski definition) is 3. The van der Waals surface area contributed by atoms with Crippen molar-refractivity contribution in [3.8, 4) is 0 Å². The molecule has 0 atom stereocenters. The van der Waals surface area contributed by atoms with Gasteiger partial charge in [0.1, 0.15) is 5.66 Å². The van der Waals surface area contributed by atoms with Gasteiger partial charge in [0.25, 0.3) is 11.8 Å². The lowest BCUT2D eigenvalue weighted by Gasteiger charge is -2.46. The van der Waals surface area contributed by atoms with Crippen molar-refractivity contribution < 1.29 is 9.59 Å². The van der Waals surface area contributed by atoms with Crippen molar-refractivity contribution in [1.29, 1.82) is 0 Å². The van der Waals surface area contributed by atoms with E-state index in [1.165, 1.54) is 0 Å². The maximum absolute atomic E-state index is 12.7. The molecule has 2 aliphatic rings. The van der Waals surface area contributed by atoms with E-state index in [9.17, 15) is 9.59 Å². The van der Waals surface area contributed by atoms with Gasteiger partial charge in [0.05, 0.1) is 16.1 Å². The Hall–Kier alpha value is -2.05. The molecule has 4 rings (SSSR count). The second-order valence-corrected chi connectivity index (χ2v) is 7.95. The Bertz CT molecular complexity index is 894. The second kappa shape index (κ2) is 6.59. The number of hydrogen-bond donors (Lipinski definition) is 2. The van der Waals surface area contributed by atoms with Gasteiger partial charge in [0.15, 0.2) is 0 Å². The summed E-state index contributed by atoms with van der Waals surface area (Å²) in [6.45, 7) is 1.09. The molecule has 0 radical (unpaired) electrons. The Balaban J connectivity index is 1.50. The van der Waals surface area contributed by atoms with E-state index >= 15 is 0 Å². The molecule has 134 valence electrons. The van der Waals surface area contributed by atoms with E-state index in [2.05, 4.69) is 26.6 Å². The van der Waals surface area contributed by atoms with Gasteiger partial charge in [-0.3, -0.25) is 9.59 Å². The Morgan fingerprint density at radius 2 is 1.85 bits per heavy atom. The molecule has 0 unspecified atom stereocenters. The highest BCUT2D eigenvalue weighted by Crippen LogP contribution is 2.33. The van der Waals surface area contributed by atoms with Crippen molar-refractivity contribution in [3.63, 3.8) is 0 Å². The van der Waals surface area contributed by atoms with Crippen LogP contribution >= 0.6 is 27.5 Å². The fraction of sp³-hybridized carbons (Fsp3) is 0.263. The SMILES string of the molecule is O=C1NC2(CCN(C(=O)c3ccccc3Cl)CC2)Nc2ccc(Br)cc21. The van der Waals surface area contributed by atoms with Gasteiger partial charge in [-0.2, -0.15) is 0 Å². The van der Waals surface area contributed by atoms with E-state index in [1.807, 2.05) is 24.3 Å². The van der Waals surface area contributed by atoms with Crippen LogP contribution in [0.3, 0.4) is 0 Å². The molecular formula is C19H17BrClN3O2. The quantitative estimate of drug-likeness (QED) is 0.716. The standard InChI is InChI=1S/C19H17BrClN3O2/c20-12-5-6-16-14(11-12)17(25)23-19(22-16)7-9-24(10-8-19)18(26)13-3-1-2-4-15(13)21/h1-6,11,22H,7-10H2,(H,23,25). The number of carbonyl (C=O) groups is 2. The lowest BCUT2D eigenvalue weighted by Crippen LogP contribution is -2.62. The number of nitrogens with one attached hydrogen (secondary N) is 2. The molecular weight excluding hydrogens is 418 g/mol. The highest BCUT2D eigenvalue weighted by Gasteiger charge is 2.41. The molecule has 2 aliphatic heterocycles. The Morgan fingerprint density at radius 1 is 1.12 bits per heavy atom. The first-order valence-corrected chi connectivity index (χ1v) is 9.59. The highest BCUT2D eigenvalue weighted by molar-refractivity contribution is 9.10. The van der Waals surface area contributed by atoms with Crippen LogP contribution < -0.4 is 10.6 Å². The monoisotopic (exact) mass is 433 g/mol. The fourth-order valence-electron chi connectivity index (χ4n) is 3.53. The minimum Gasteiger partial charge on any atom is -0.362 e. The number of anilines is 1. The maximum Gasteiger partial charge on any atom is 0.255 e. The van der Waals surface area contributed by atoms with Crippen LogP contribution in [0.1, 0.15) is 33.6 Å². The molecule has 2 amide bonds. The third-order valence-electron chi connectivity index (χ3n) is 4.96. The zero-order chi connectivity index (χ0) is 18.3. The van der Waals surface area contributed by atoms with Crippen molar-refractivity contribution in [2.75, 3.05) is 18.4 Å². The van der Waals surface area contributed by atoms with Gasteiger partial charge in [0.2, 0.25) is 0 Å². The molecule has 1 saturated heterocycles. The number of amides is 2. The first-order valence-electron chi connectivity index (χ1n) is 8.41. The predicted octanol–water partition coefficient (Wildman–Crippen LogP) is 3.89. The van der Waals surface area contributed by atoms with Crippen molar-refractivity contribution >= 4 is 45.0 Å². The third kappa shape index (κ3) is 3.08. The minimum atomic E-state index is -0.519. The molecule has 0 aromatic heterocycles. The average Bonchev–Trinajstić information content (AvgIpc) is 2.63. The van der Waals surface area contributed by atoms with Gasteiger partial charge in [-0.05, 0) is 30.3 Å². The first kappa shape index (κ1) is 17.4. The number of piperidine rings is 1. The van der Waals surface area contributed by atoms with E-state index in [0.717, 1.165) is 10.2 Å². The van der Waals surface area contributed by atoms with Gasteiger partial charge in [-0.1, -0.05) is 39.7 Å². The fourth-order valence-corrected chi connectivity index (χ4v) is 4.11. The average molecular weight is 435 g/mol. The van der Waals surface area contributed by atoms with Crippen LogP contribution in [0.4, 0.5) is 5.69 Å². The number of rotatable bonds is 1. The summed E-state index contributed by atoms with van der Waals surface area (Å²) in [6, 6.07) is 12.7. The lowest BCUT2D eigenvalue weighted by atomic mass is 9.92. The van der Waals surface area contributed by atoms with Gasteiger partial charge >= 0.3 is 0 Å².